The number of nitrogens with zero attached hydrogens (tertiary/aromatic N) is 4. The number of unbranched alkanes of at least 4 members (excludes halogenated alkanes) is 2. The molecule has 0 aliphatic carbocycles. The molecule has 0 amide bonds. The van der Waals surface area contributed by atoms with Crippen molar-refractivity contribution in [3.8, 4) is 0 Å². The molecular formula is C25H43N5O. The van der Waals surface area contributed by atoms with Gasteiger partial charge in [0, 0.05) is 19.7 Å². The van der Waals surface area contributed by atoms with Crippen molar-refractivity contribution in [2.75, 3.05) is 30.5 Å². The van der Waals surface area contributed by atoms with Crippen molar-refractivity contribution in [2.45, 2.75) is 80.4 Å². The fourth-order valence-electron chi connectivity index (χ4n) is 3.55. The van der Waals surface area contributed by atoms with E-state index in [1.807, 2.05) is 39.8 Å². The number of nitrogens with one attached hydrogen (secondary N) is 1. The topological polar surface area (TPSA) is 53.4 Å². The molecule has 1 unspecified atom stereocenters. The molecule has 2 aromatic rings. The van der Waals surface area contributed by atoms with Crippen molar-refractivity contribution in [1.29, 1.82) is 0 Å². The summed E-state index contributed by atoms with van der Waals surface area (Å²) in [4.78, 5) is 19.8. The van der Waals surface area contributed by atoms with Crippen molar-refractivity contribution in [2.24, 2.45) is 0 Å². The standard InChI is InChI=1S/C21H31N5O.2C2H6/c1-5-7-8-13-25(6-2)15-18-14-19(27)26-21(22-18)23-20(24(26)4)17-11-9-16(3)10-12-17;2*1-2/h9-12,14,20H,5-8,13,15H2,1-4H3,(H,22,23);2*1-2H3. The first-order valence-corrected chi connectivity index (χ1v) is 11.9. The summed E-state index contributed by atoms with van der Waals surface area (Å²) in [6.07, 6.45) is 3.55. The molecule has 3 rings (SSSR count). The van der Waals surface area contributed by atoms with E-state index in [0.717, 1.165) is 24.3 Å². The smallest absolute Gasteiger partial charge is 0.274 e. The van der Waals surface area contributed by atoms with Crippen LogP contribution in [0.1, 0.15) is 83.8 Å². The number of aromatic nitrogens is 2. The first-order valence-electron chi connectivity index (χ1n) is 11.9. The molecule has 0 saturated heterocycles. The molecule has 0 radical (unpaired) electrons. The molecule has 1 aliphatic heterocycles. The fraction of sp³-hybridized carbons (Fsp3) is 0.600. The molecule has 1 aromatic heterocycles. The van der Waals surface area contributed by atoms with Gasteiger partial charge >= 0.3 is 0 Å². The van der Waals surface area contributed by atoms with Crippen molar-refractivity contribution >= 4 is 5.95 Å². The number of hydrogen-bond donors (Lipinski definition) is 1. The van der Waals surface area contributed by atoms with Crippen LogP contribution in [0, 0.1) is 6.92 Å². The Balaban J connectivity index is 0.00000113. The van der Waals surface area contributed by atoms with Crippen LogP contribution in [0.3, 0.4) is 0 Å². The molecular weight excluding hydrogens is 386 g/mol. The summed E-state index contributed by atoms with van der Waals surface area (Å²) in [7, 11) is 1.92. The lowest BCUT2D eigenvalue weighted by Gasteiger charge is -2.22. The molecule has 31 heavy (non-hydrogen) atoms. The third-order valence-corrected chi connectivity index (χ3v) is 5.21. The largest absolute Gasteiger partial charge is 0.329 e. The minimum atomic E-state index is -0.0899. The van der Waals surface area contributed by atoms with E-state index in [2.05, 4.69) is 55.3 Å². The van der Waals surface area contributed by atoms with Crippen LogP contribution in [0.15, 0.2) is 35.1 Å². The second-order valence-corrected chi connectivity index (χ2v) is 7.33. The number of hydrogen-bond acceptors (Lipinski definition) is 5. The predicted octanol–water partition coefficient (Wildman–Crippen LogP) is 5.31. The van der Waals surface area contributed by atoms with Crippen LogP contribution in [-0.4, -0.2) is 34.7 Å². The van der Waals surface area contributed by atoms with Crippen LogP contribution < -0.4 is 15.9 Å². The van der Waals surface area contributed by atoms with Crippen molar-refractivity contribution in [3.63, 3.8) is 0 Å². The van der Waals surface area contributed by atoms with Gasteiger partial charge in [-0.3, -0.25) is 14.7 Å². The molecule has 1 atom stereocenters. The Morgan fingerprint density at radius 1 is 1.06 bits per heavy atom. The molecule has 1 aliphatic rings. The van der Waals surface area contributed by atoms with Gasteiger partial charge in [0.15, 0.2) is 0 Å². The van der Waals surface area contributed by atoms with Gasteiger partial charge < -0.3 is 5.32 Å². The maximum atomic E-state index is 12.7. The molecule has 1 N–H and O–H groups in total. The zero-order valence-corrected chi connectivity index (χ0v) is 20.9. The third-order valence-electron chi connectivity index (χ3n) is 5.21. The van der Waals surface area contributed by atoms with Crippen LogP contribution in [-0.2, 0) is 6.54 Å². The monoisotopic (exact) mass is 429 g/mol. The fourth-order valence-corrected chi connectivity index (χ4v) is 3.55. The molecule has 0 bridgehead atoms. The van der Waals surface area contributed by atoms with Gasteiger partial charge in [-0.05, 0) is 32.0 Å². The highest BCUT2D eigenvalue weighted by molar-refractivity contribution is 5.42. The lowest BCUT2D eigenvalue weighted by atomic mass is 10.1. The van der Waals surface area contributed by atoms with Gasteiger partial charge in [0.2, 0.25) is 5.95 Å². The molecule has 6 nitrogen and oxygen atoms in total. The average Bonchev–Trinajstić information content (AvgIpc) is 3.13. The Labute approximate surface area is 189 Å². The quantitative estimate of drug-likeness (QED) is 0.577. The van der Waals surface area contributed by atoms with Gasteiger partial charge in [-0.2, -0.15) is 4.68 Å². The Bertz CT molecular complexity index is 816. The lowest BCUT2D eigenvalue weighted by molar-refractivity contribution is 0.270. The molecule has 2 heterocycles. The second kappa shape index (κ2) is 13.9. The first kappa shape index (κ1) is 26.7. The molecule has 1 aromatic carbocycles. The number of fused-ring (bicyclic) bond motifs is 1. The van der Waals surface area contributed by atoms with E-state index in [4.69, 9.17) is 4.98 Å². The normalized spacial score (nSPS) is 14.2. The predicted molar refractivity (Wildman–Crippen MR) is 133 cm³/mol. The Morgan fingerprint density at radius 2 is 1.71 bits per heavy atom. The minimum absolute atomic E-state index is 0.0378. The van der Waals surface area contributed by atoms with Gasteiger partial charge in [0.25, 0.3) is 5.56 Å². The summed E-state index contributed by atoms with van der Waals surface area (Å²) in [6, 6.07) is 10.0. The summed E-state index contributed by atoms with van der Waals surface area (Å²) < 4.78 is 1.63. The summed E-state index contributed by atoms with van der Waals surface area (Å²) >= 11 is 0. The number of rotatable bonds is 8. The van der Waals surface area contributed by atoms with E-state index in [-0.39, 0.29) is 11.7 Å². The summed E-state index contributed by atoms with van der Waals surface area (Å²) in [5, 5.41) is 5.32. The Kier molecular flexibility index (Phi) is 11.9. The maximum Gasteiger partial charge on any atom is 0.274 e. The molecule has 0 saturated carbocycles. The molecule has 0 fully saturated rings. The average molecular weight is 430 g/mol. The Hall–Kier alpha value is -2.34. The van der Waals surface area contributed by atoms with Crippen LogP contribution in [0.5, 0.6) is 0 Å². The maximum absolute atomic E-state index is 12.7. The minimum Gasteiger partial charge on any atom is -0.329 e. The molecule has 174 valence electrons. The van der Waals surface area contributed by atoms with Gasteiger partial charge in [0.05, 0.1) is 5.69 Å². The van der Waals surface area contributed by atoms with Crippen LogP contribution >= 0.6 is 0 Å². The van der Waals surface area contributed by atoms with E-state index >= 15 is 0 Å². The highest BCUT2D eigenvalue weighted by atomic mass is 16.1. The third kappa shape index (κ3) is 7.10. The summed E-state index contributed by atoms with van der Waals surface area (Å²) in [5.41, 5.74) is 3.13. The highest BCUT2D eigenvalue weighted by Crippen LogP contribution is 2.26. The SMILES string of the molecule is CC.CC.CCCCCN(CC)Cc1cc(=O)n2c(n1)NC(c1ccc(C)cc1)N2C. The van der Waals surface area contributed by atoms with Crippen LogP contribution in [0.4, 0.5) is 5.95 Å². The van der Waals surface area contributed by atoms with Gasteiger partial charge in [0.1, 0.15) is 6.17 Å². The second-order valence-electron chi connectivity index (χ2n) is 7.33. The van der Waals surface area contributed by atoms with Gasteiger partial charge in [-0.25, -0.2) is 4.98 Å². The van der Waals surface area contributed by atoms with Gasteiger partial charge in [-0.1, -0.05) is 84.2 Å². The van der Waals surface area contributed by atoms with E-state index in [0.29, 0.717) is 12.5 Å². The van der Waals surface area contributed by atoms with Gasteiger partial charge in [-0.15, -0.1) is 0 Å². The van der Waals surface area contributed by atoms with E-state index in [1.165, 1.54) is 24.8 Å². The Morgan fingerprint density at radius 3 is 2.29 bits per heavy atom. The van der Waals surface area contributed by atoms with Crippen LogP contribution in [0.25, 0.3) is 0 Å². The zero-order chi connectivity index (χ0) is 23.4. The molecule has 6 heteroatoms. The van der Waals surface area contributed by atoms with Crippen molar-refractivity contribution in [1.82, 2.24) is 14.6 Å². The number of aryl methyl sites for hydroxylation is 1. The number of anilines is 1. The first-order chi connectivity index (χ1) is 15.0. The van der Waals surface area contributed by atoms with Crippen molar-refractivity contribution < 1.29 is 0 Å². The number of benzene rings is 1. The summed E-state index contributed by atoms with van der Waals surface area (Å²) in [5.74, 6) is 0.621. The van der Waals surface area contributed by atoms with Crippen molar-refractivity contribution in [3.05, 3.63) is 57.5 Å². The van der Waals surface area contributed by atoms with E-state index in [9.17, 15) is 4.79 Å². The zero-order valence-electron chi connectivity index (χ0n) is 20.9. The highest BCUT2D eigenvalue weighted by Gasteiger charge is 2.29. The van der Waals surface area contributed by atoms with E-state index in [1.54, 1.807) is 10.7 Å². The summed E-state index contributed by atoms with van der Waals surface area (Å²) in [6.45, 7) is 17.2. The van der Waals surface area contributed by atoms with Crippen LogP contribution in [0.2, 0.25) is 0 Å². The lowest BCUT2D eigenvalue weighted by Crippen LogP contribution is -2.37. The molecule has 0 spiro atoms. The van der Waals surface area contributed by atoms with E-state index < -0.39 is 0 Å².